The maximum Gasteiger partial charge on any atom is 0.240 e. The Balaban J connectivity index is 1.95. The first-order valence-electron chi connectivity index (χ1n) is 10.3. The first kappa shape index (κ1) is 22.7. The van der Waals surface area contributed by atoms with Crippen LogP contribution in [0.3, 0.4) is 0 Å². The third-order valence-corrected chi connectivity index (χ3v) is 7.39. The van der Waals surface area contributed by atoms with Gasteiger partial charge in [0.25, 0.3) is 0 Å². The van der Waals surface area contributed by atoms with E-state index in [1.54, 1.807) is 6.07 Å². The topological polar surface area (TPSA) is 82.2 Å². The van der Waals surface area contributed by atoms with Crippen molar-refractivity contribution in [1.82, 2.24) is 4.57 Å². The van der Waals surface area contributed by atoms with Gasteiger partial charge in [-0.25, -0.2) is 17.9 Å². The van der Waals surface area contributed by atoms with Gasteiger partial charge in [0.15, 0.2) is 5.78 Å². The Bertz CT molecular complexity index is 1360. The van der Waals surface area contributed by atoms with E-state index in [9.17, 15) is 17.6 Å². The van der Waals surface area contributed by atoms with Crippen molar-refractivity contribution in [3.05, 3.63) is 69.8 Å². The van der Waals surface area contributed by atoms with Gasteiger partial charge in [-0.1, -0.05) is 17.7 Å². The first-order valence-corrected chi connectivity index (χ1v) is 12.3. The number of carbonyl (C=O) groups excluding carboxylic acids is 1. The Labute approximate surface area is 192 Å². The molecule has 0 saturated heterocycles. The Morgan fingerprint density at radius 2 is 1.81 bits per heavy atom. The van der Waals surface area contributed by atoms with Crippen molar-refractivity contribution in [3.8, 4) is 16.8 Å². The van der Waals surface area contributed by atoms with Crippen LogP contribution in [0.1, 0.15) is 46.6 Å². The number of ketones is 1. The fourth-order valence-corrected chi connectivity index (χ4v) is 4.97. The lowest BCUT2D eigenvalue weighted by atomic mass is 9.95. The zero-order valence-corrected chi connectivity index (χ0v) is 19.6. The molecule has 0 atom stereocenters. The summed E-state index contributed by atoms with van der Waals surface area (Å²) in [5, 5.41) is 5.75. The maximum atomic E-state index is 14.7. The number of sulfonamides is 1. The van der Waals surface area contributed by atoms with E-state index in [2.05, 4.69) is 0 Å². The fourth-order valence-electron chi connectivity index (χ4n) is 4.26. The monoisotopic (exact) mass is 474 g/mol. The molecule has 168 valence electrons. The quantitative estimate of drug-likeness (QED) is 0.479. The summed E-state index contributed by atoms with van der Waals surface area (Å²) in [6.45, 7) is 5.64. The lowest BCUT2D eigenvalue weighted by Gasteiger charge is -2.12. The van der Waals surface area contributed by atoms with Crippen LogP contribution >= 0.6 is 11.6 Å². The molecule has 1 aliphatic rings. The summed E-state index contributed by atoms with van der Waals surface area (Å²) in [7, 11) is -4.19. The smallest absolute Gasteiger partial charge is 0.240 e. The van der Waals surface area contributed by atoms with E-state index in [-0.39, 0.29) is 5.78 Å². The lowest BCUT2D eigenvalue weighted by Crippen LogP contribution is -2.14. The van der Waals surface area contributed by atoms with Gasteiger partial charge < -0.3 is 4.57 Å². The van der Waals surface area contributed by atoms with Gasteiger partial charge in [0.1, 0.15) is 10.7 Å². The molecule has 2 aromatic carbocycles. The number of nitrogens with zero attached hydrogens (tertiary/aromatic N) is 1. The number of nitrogens with two attached hydrogens (primary N) is 1. The van der Waals surface area contributed by atoms with Gasteiger partial charge in [0, 0.05) is 39.6 Å². The third kappa shape index (κ3) is 4.12. The number of carbonyl (C=O) groups is 1. The molecule has 5 nitrogen and oxygen atoms in total. The maximum absolute atomic E-state index is 14.7. The van der Waals surface area contributed by atoms with Gasteiger partial charge in [-0.15, -0.1) is 0 Å². The van der Waals surface area contributed by atoms with Crippen molar-refractivity contribution < 1.29 is 17.6 Å². The molecular weight excluding hydrogens is 451 g/mol. The number of benzene rings is 2. The summed E-state index contributed by atoms with van der Waals surface area (Å²) < 4.78 is 39.9. The number of hydrogen-bond donors (Lipinski definition) is 1. The van der Waals surface area contributed by atoms with Crippen molar-refractivity contribution in [2.45, 2.75) is 44.9 Å². The number of Topliss-reactive ketones (excluding diaryl/α,β-unsaturated/α-hetero) is 1. The predicted molar refractivity (Wildman–Crippen MR) is 123 cm³/mol. The number of rotatable bonds is 6. The molecule has 1 fully saturated rings. The number of primary sulfonamides is 1. The van der Waals surface area contributed by atoms with E-state index < -0.39 is 20.7 Å². The van der Waals surface area contributed by atoms with Crippen molar-refractivity contribution in [2.75, 3.05) is 0 Å². The zero-order valence-electron chi connectivity index (χ0n) is 18.1. The van der Waals surface area contributed by atoms with Crippen LogP contribution < -0.4 is 5.14 Å². The largest absolute Gasteiger partial charge is 0.317 e. The summed E-state index contributed by atoms with van der Waals surface area (Å²) in [6.07, 6.45) is 2.51. The number of hydrogen-bond acceptors (Lipinski definition) is 3. The predicted octanol–water partition coefficient (Wildman–Crippen LogP) is 5.49. The third-order valence-electron chi connectivity index (χ3n) is 6.02. The molecule has 32 heavy (non-hydrogen) atoms. The second-order valence-electron chi connectivity index (χ2n) is 8.45. The minimum Gasteiger partial charge on any atom is -0.317 e. The molecule has 3 aromatic rings. The van der Waals surface area contributed by atoms with E-state index in [4.69, 9.17) is 16.7 Å². The highest BCUT2D eigenvalue weighted by atomic mass is 35.5. The molecule has 1 aromatic heterocycles. The van der Waals surface area contributed by atoms with Gasteiger partial charge >= 0.3 is 0 Å². The van der Waals surface area contributed by atoms with Crippen molar-refractivity contribution in [2.24, 2.45) is 11.1 Å². The lowest BCUT2D eigenvalue weighted by molar-refractivity contribution is 0.0976. The first-order chi connectivity index (χ1) is 15.0. The Kier molecular flexibility index (Phi) is 5.77. The van der Waals surface area contributed by atoms with Gasteiger partial charge in [-0.3, -0.25) is 4.79 Å². The van der Waals surface area contributed by atoms with Crippen LogP contribution in [0.5, 0.6) is 0 Å². The average molecular weight is 475 g/mol. The summed E-state index contributed by atoms with van der Waals surface area (Å²) in [5.41, 5.74) is 4.80. The van der Waals surface area contributed by atoms with Crippen LogP contribution in [0.25, 0.3) is 16.8 Å². The van der Waals surface area contributed by atoms with Crippen LogP contribution in [-0.4, -0.2) is 18.8 Å². The molecule has 8 heteroatoms. The number of halogens is 2. The molecule has 1 saturated carbocycles. The van der Waals surface area contributed by atoms with Crippen LogP contribution in [0.15, 0.2) is 41.3 Å². The molecule has 0 unspecified atom stereocenters. The van der Waals surface area contributed by atoms with E-state index in [1.165, 1.54) is 6.07 Å². The minimum atomic E-state index is -4.19. The number of aryl methyl sites for hydroxylation is 1. The highest BCUT2D eigenvalue weighted by Gasteiger charge is 2.30. The van der Waals surface area contributed by atoms with E-state index in [0.717, 1.165) is 47.6 Å². The highest BCUT2D eigenvalue weighted by molar-refractivity contribution is 7.89. The minimum absolute atomic E-state index is 0.00321. The van der Waals surface area contributed by atoms with Crippen molar-refractivity contribution in [1.29, 1.82) is 0 Å². The van der Waals surface area contributed by atoms with Gasteiger partial charge in [-0.2, -0.15) is 0 Å². The molecule has 0 bridgehead atoms. The van der Waals surface area contributed by atoms with Gasteiger partial charge in [0.2, 0.25) is 10.0 Å². The summed E-state index contributed by atoms with van der Waals surface area (Å²) in [5.74, 6) is -0.557. The normalized spacial score (nSPS) is 14.1. The standard InChI is InChI=1S/C24H24ClFN2O3S/c1-13-10-18(7-8-19(13)25)28-14(2)23(24(15(28)3)21(29)11-16-4-5-16)17-6-9-22(20(26)12-17)32(27,30)31/h6-10,12,16H,4-5,11H2,1-3H3,(H2,27,30,31). The van der Waals surface area contributed by atoms with Crippen LogP contribution in [-0.2, 0) is 10.0 Å². The molecule has 1 heterocycles. The molecule has 0 amide bonds. The SMILES string of the molecule is Cc1cc(-n2c(C)c(C(=O)CC3CC3)c(-c3ccc(S(N)(=O)=O)c(F)c3)c2C)ccc1Cl. The van der Waals surface area contributed by atoms with Gasteiger partial charge in [-0.05, 0) is 81.0 Å². The Morgan fingerprint density at radius 3 is 2.38 bits per heavy atom. The fraction of sp³-hybridized carbons (Fsp3) is 0.292. The summed E-state index contributed by atoms with van der Waals surface area (Å²) in [6, 6.07) is 9.39. The molecule has 0 spiro atoms. The van der Waals surface area contributed by atoms with E-state index >= 15 is 0 Å². The van der Waals surface area contributed by atoms with Crippen molar-refractivity contribution in [3.63, 3.8) is 0 Å². The summed E-state index contributed by atoms with van der Waals surface area (Å²) >= 11 is 6.20. The molecule has 4 rings (SSSR count). The molecule has 0 radical (unpaired) electrons. The average Bonchev–Trinajstić information content (AvgIpc) is 3.46. The molecule has 0 aliphatic heterocycles. The van der Waals surface area contributed by atoms with E-state index in [1.807, 2.05) is 37.5 Å². The molecular formula is C24H24ClFN2O3S. The second kappa shape index (κ2) is 8.14. The van der Waals surface area contributed by atoms with Crippen LogP contribution in [0.2, 0.25) is 5.02 Å². The van der Waals surface area contributed by atoms with Crippen molar-refractivity contribution >= 4 is 27.4 Å². The van der Waals surface area contributed by atoms with Crippen LogP contribution in [0.4, 0.5) is 4.39 Å². The second-order valence-corrected chi connectivity index (χ2v) is 10.4. The van der Waals surface area contributed by atoms with E-state index in [0.29, 0.717) is 34.1 Å². The molecule has 2 N–H and O–H groups in total. The highest BCUT2D eigenvalue weighted by Crippen LogP contribution is 2.40. The Morgan fingerprint density at radius 1 is 1.12 bits per heavy atom. The van der Waals surface area contributed by atoms with Crippen LogP contribution in [0, 0.1) is 32.5 Å². The van der Waals surface area contributed by atoms with Gasteiger partial charge in [0.05, 0.1) is 0 Å². The Hall–Kier alpha value is -2.48. The summed E-state index contributed by atoms with van der Waals surface area (Å²) in [4.78, 5) is 12.7. The number of aromatic nitrogens is 1. The zero-order chi connectivity index (χ0) is 23.4. The molecule has 1 aliphatic carbocycles.